The SMILES string of the molecule is C[C@@H](C(O)OCc1ccco1)C1CCCC2CC[C@@](C)(O)OCC21. The summed E-state index contributed by atoms with van der Waals surface area (Å²) in [7, 11) is 0. The Balaban J connectivity index is 1.61. The van der Waals surface area contributed by atoms with E-state index in [4.69, 9.17) is 13.9 Å². The van der Waals surface area contributed by atoms with Gasteiger partial charge < -0.3 is 24.1 Å². The number of aliphatic hydroxyl groups is 2. The molecular formula is C19H30O5. The highest BCUT2D eigenvalue weighted by Crippen LogP contribution is 2.45. The molecule has 2 N–H and O–H groups in total. The van der Waals surface area contributed by atoms with Crippen molar-refractivity contribution >= 4 is 0 Å². The molecule has 2 fully saturated rings. The van der Waals surface area contributed by atoms with Crippen molar-refractivity contribution in [2.24, 2.45) is 23.7 Å². The van der Waals surface area contributed by atoms with E-state index in [2.05, 4.69) is 6.92 Å². The number of ether oxygens (including phenoxy) is 2. The molecule has 6 atom stereocenters. The van der Waals surface area contributed by atoms with Crippen molar-refractivity contribution in [3.63, 3.8) is 0 Å². The number of hydrogen-bond acceptors (Lipinski definition) is 5. The van der Waals surface area contributed by atoms with Gasteiger partial charge in [-0.15, -0.1) is 0 Å². The molecular weight excluding hydrogens is 308 g/mol. The van der Waals surface area contributed by atoms with Crippen LogP contribution in [0.2, 0.25) is 0 Å². The van der Waals surface area contributed by atoms with Crippen molar-refractivity contribution in [1.29, 1.82) is 0 Å². The Kier molecular flexibility index (Phi) is 5.65. The van der Waals surface area contributed by atoms with E-state index in [1.165, 1.54) is 12.8 Å². The fourth-order valence-electron chi connectivity index (χ4n) is 4.39. The van der Waals surface area contributed by atoms with Crippen LogP contribution in [0.15, 0.2) is 22.8 Å². The summed E-state index contributed by atoms with van der Waals surface area (Å²) < 4.78 is 16.6. The summed E-state index contributed by atoms with van der Waals surface area (Å²) in [6.45, 7) is 4.66. The quantitative estimate of drug-likeness (QED) is 0.806. The number of hydrogen-bond donors (Lipinski definition) is 2. The molecule has 0 aromatic carbocycles. The van der Waals surface area contributed by atoms with Crippen LogP contribution >= 0.6 is 0 Å². The Morgan fingerprint density at radius 1 is 1.38 bits per heavy atom. The predicted octanol–water partition coefficient (Wildman–Crippen LogP) is 3.30. The molecule has 136 valence electrons. The van der Waals surface area contributed by atoms with E-state index < -0.39 is 12.1 Å². The van der Waals surface area contributed by atoms with Crippen molar-refractivity contribution in [2.75, 3.05) is 6.61 Å². The molecule has 0 spiro atoms. The first-order chi connectivity index (χ1) is 11.5. The lowest BCUT2D eigenvalue weighted by Crippen LogP contribution is -2.39. The molecule has 1 aromatic rings. The smallest absolute Gasteiger partial charge is 0.162 e. The Morgan fingerprint density at radius 3 is 2.96 bits per heavy atom. The van der Waals surface area contributed by atoms with Crippen LogP contribution in [0.5, 0.6) is 0 Å². The van der Waals surface area contributed by atoms with Crippen LogP contribution < -0.4 is 0 Å². The zero-order valence-electron chi connectivity index (χ0n) is 14.7. The summed E-state index contributed by atoms with van der Waals surface area (Å²) in [5.74, 6) is 1.03. The molecule has 0 amide bonds. The number of fused-ring (bicyclic) bond motifs is 1. The van der Waals surface area contributed by atoms with Gasteiger partial charge in [0.25, 0.3) is 0 Å². The van der Waals surface area contributed by atoms with Crippen LogP contribution in [0, 0.1) is 23.7 Å². The Morgan fingerprint density at radius 2 is 2.21 bits per heavy atom. The molecule has 2 heterocycles. The summed E-state index contributed by atoms with van der Waals surface area (Å²) in [5.41, 5.74) is 0. The Hall–Kier alpha value is -0.880. The normalized spacial score (nSPS) is 36.6. The molecule has 1 aromatic heterocycles. The molecule has 5 heteroatoms. The van der Waals surface area contributed by atoms with E-state index in [-0.39, 0.29) is 12.5 Å². The van der Waals surface area contributed by atoms with E-state index in [9.17, 15) is 10.2 Å². The van der Waals surface area contributed by atoms with Crippen LogP contribution in [-0.4, -0.2) is 28.9 Å². The van der Waals surface area contributed by atoms with E-state index >= 15 is 0 Å². The van der Waals surface area contributed by atoms with Gasteiger partial charge >= 0.3 is 0 Å². The molecule has 1 aliphatic heterocycles. The third-order valence-electron chi connectivity index (χ3n) is 5.94. The molecule has 1 saturated carbocycles. The Bertz CT molecular complexity index is 498. The second-order valence-corrected chi connectivity index (χ2v) is 7.68. The first-order valence-electron chi connectivity index (χ1n) is 9.14. The Labute approximate surface area is 144 Å². The largest absolute Gasteiger partial charge is 0.467 e. The molecule has 0 radical (unpaired) electrons. The molecule has 24 heavy (non-hydrogen) atoms. The second-order valence-electron chi connectivity index (χ2n) is 7.68. The lowest BCUT2D eigenvalue weighted by atomic mass is 9.66. The van der Waals surface area contributed by atoms with E-state index in [1.54, 1.807) is 13.2 Å². The minimum absolute atomic E-state index is 0.0272. The van der Waals surface area contributed by atoms with E-state index in [0.29, 0.717) is 30.8 Å². The van der Waals surface area contributed by atoms with Gasteiger partial charge in [-0.25, -0.2) is 0 Å². The third-order valence-corrected chi connectivity index (χ3v) is 5.94. The second kappa shape index (κ2) is 7.56. The fourth-order valence-corrected chi connectivity index (χ4v) is 4.39. The van der Waals surface area contributed by atoms with Gasteiger partial charge in [-0.2, -0.15) is 0 Å². The predicted molar refractivity (Wildman–Crippen MR) is 88.8 cm³/mol. The molecule has 3 rings (SSSR count). The van der Waals surface area contributed by atoms with E-state index in [0.717, 1.165) is 18.6 Å². The molecule has 0 bridgehead atoms. The number of aliphatic hydroxyl groups excluding tert-OH is 1. The minimum Gasteiger partial charge on any atom is -0.467 e. The first-order valence-corrected chi connectivity index (χ1v) is 9.14. The van der Waals surface area contributed by atoms with Crippen molar-refractivity contribution in [2.45, 2.75) is 64.6 Å². The zero-order valence-corrected chi connectivity index (χ0v) is 14.7. The van der Waals surface area contributed by atoms with Crippen LogP contribution in [-0.2, 0) is 16.1 Å². The highest BCUT2D eigenvalue weighted by Gasteiger charge is 2.42. The van der Waals surface area contributed by atoms with Crippen LogP contribution in [0.4, 0.5) is 0 Å². The van der Waals surface area contributed by atoms with Crippen molar-refractivity contribution in [3.05, 3.63) is 24.2 Å². The molecule has 1 aliphatic carbocycles. The van der Waals surface area contributed by atoms with Gasteiger partial charge in [-0.3, -0.25) is 0 Å². The average molecular weight is 338 g/mol. The van der Waals surface area contributed by atoms with Gasteiger partial charge in [0, 0.05) is 12.3 Å². The lowest BCUT2D eigenvalue weighted by molar-refractivity contribution is -0.201. The monoisotopic (exact) mass is 338 g/mol. The van der Waals surface area contributed by atoms with Crippen molar-refractivity contribution in [1.82, 2.24) is 0 Å². The lowest BCUT2D eigenvalue weighted by Gasteiger charge is -2.41. The first kappa shape index (κ1) is 17.9. The van der Waals surface area contributed by atoms with Crippen LogP contribution in [0.1, 0.15) is 51.7 Å². The van der Waals surface area contributed by atoms with Gasteiger partial charge in [-0.1, -0.05) is 19.8 Å². The maximum atomic E-state index is 10.5. The van der Waals surface area contributed by atoms with E-state index in [1.807, 2.05) is 12.1 Å². The highest BCUT2D eigenvalue weighted by atomic mass is 16.6. The third kappa shape index (κ3) is 4.20. The van der Waals surface area contributed by atoms with Crippen LogP contribution in [0.25, 0.3) is 0 Å². The number of rotatable bonds is 5. The van der Waals surface area contributed by atoms with Gasteiger partial charge in [0.05, 0.1) is 12.9 Å². The van der Waals surface area contributed by atoms with Gasteiger partial charge in [0.1, 0.15) is 12.4 Å². The maximum absolute atomic E-state index is 10.5. The summed E-state index contributed by atoms with van der Waals surface area (Å²) in [4.78, 5) is 0. The fraction of sp³-hybridized carbons (Fsp3) is 0.789. The summed E-state index contributed by atoms with van der Waals surface area (Å²) in [6.07, 6.45) is 5.91. The van der Waals surface area contributed by atoms with Crippen LogP contribution in [0.3, 0.4) is 0 Å². The summed E-state index contributed by atoms with van der Waals surface area (Å²) in [6, 6.07) is 3.66. The number of furan rings is 1. The summed E-state index contributed by atoms with van der Waals surface area (Å²) in [5, 5.41) is 20.7. The molecule has 5 nitrogen and oxygen atoms in total. The van der Waals surface area contributed by atoms with Gasteiger partial charge in [0.2, 0.25) is 0 Å². The zero-order chi connectivity index (χ0) is 17.2. The van der Waals surface area contributed by atoms with Gasteiger partial charge in [-0.05, 0) is 49.7 Å². The van der Waals surface area contributed by atoms with Crippen molar-refractivity contribution in [3.8, 4) is 0 Å². The minimum atomic E-state index is -1.01. The topological polar surface area (TPSA) is 72.1 Å². The molecule has 2 aliphatic rings. The highest BCUT2D eigenvalue weighted by molar-refractivity contribution is 4.96. The average Bonchev–Trinajstić information content (AvgIpc) is 3.03. The van der Waals surface area contributed by atoms with Gasteiger partial charge in [0.15, 0.2) is 12.1 Å². The maximum Gasteiger partial charge on any atom is 0.162 e. The standard InChI is InChI=1S/C19H30O5/c1-13(18(20)23-11-15-6-4-10-22-15)16-7-3-5-14-8-9-19(2,21)24-12-17(14)16/h4,6,10,13-14,16-18,20-21H,3,5,7-9,11-12H2,1-2H3/t13-,14?,16?,17?,18?,19+/m1/s1. The van der Waals surface area contributed by atoms with Crippen molar-refractivity contribution < 1.29 is 24.1 Å². The molecule has 4 unspecified atom stereocenters. The summed E-state index contributed by atoms with van der Waals surface area (Å²) >= 11 is 0. The molecule has 1 saturated heterocycles.